The van der Waals surface area contributed by atoms with Crippen molar-refractivity contribution in [2.24, 2.45) is 5.84 Å². The maximum Gasteiger partial charge on any atom is 0.0794 e. The lowest BCUT2D eigenvalue weighted by atomic mass is 10.1. The molecule has 0 aliphatic rings. The van der Waals surface area contributed by atoms with Crippen molar-refractivity contribution in [1.29, 1.82) is 0 Å². The summed E-state index contributed by atoms with van der Waals surface area (Å²) in [6.07, 6.45) is 3.74. The Hall–Kier alpha value is -0.490. The van der Waals surface area contributed by atoms with Crippen LogP contribution in [0.5, 0.6) is 0 Å². The first-order valence-corrected chi connectivity index (χ1v) is 5.66. The maximum atomic E-state index is 5.45. The molecule has 0 aliphatic heterocycles. The summed E-state index contributed by atoms with van der Waals surface area (Å²) in [5.74, 6) is 5.45. The second-order valence-corrected chi connectivity index (χ2v) is 3.99. The number of rotatable bonds is 7. The van der Waals surface area contributed by atoms with Gasteiger partial charge in [0.2, 0.25) is 0 Å². The predicted molar refractivity (Wildman–Crippen MR) is 58.0 cm³/mol. The van der Waals surface area contributed by atoms with E-state index in [1.165, 1.54) is 4.88 Å². The molecule has 1 rings (SSSR count). The van der Waals surface area contributed by atoms with E-state index in [0.717, 1.165) is 26.1 Å². The predicted octanol–water partition coefficient (Wildman–Crippen LogP) is 0.944. The van der Waals surface area contributed by atoms with Gasteiger partial charge >= 0.3 is 0 Å². The van der Waals surface area contributed by atoms with Gasteiger partial charge in [0, 0.05) is 36.8 Å². The molecule has 1 atom stereocenters. The summed E-state index contributed by atoms with van der Waals surface area (Å²) in [7, 11) is 0. The van der Waals surface area contributed by atoms with Gasteiger partial charge in [-0.3, -0.25) is 16.3 Å². The molecule has 0 aromatic carbocycles. The quantitative estimate of drug-likeness (QED) is 0.404. The van der Waals surface area contributed by atoms with Crippen LogP contribution in [0.2, 0.25) is 0 Å². The highest BCUT2D eigenvalue weighted by molar-refractivity contribution is 7.09. The fraction of sp³-hybridized carbons (Fsp3) is 0.667. The van der Waals surface area contributed by atoms with Crippen molar-refractivity contribution in [2.75, 3.05) is 13.2 Å². The maximum absolute atomic E-state index is 5.45. The smallest absolute Gasteiger partial charge is 0.0794 e. The van der Waals surface area contributed by atoms with Gasteiger partial charge in [-0.05, 0) is 13.3 Å². The number of ether oxygens (including phenoxy) is 1. The van der Waals surface area contributed by atoms with Gasteiger partial charge in [-0.1, -0.05) is 0 Å². The minimum absolute atomic E-state index is 0.280. The van der Waals surface area contributed by atoms with E-state index in [4.69, 9.17) is 10.6 Å². The molecule has 5 heteroatoms. The van der Waals surface area contributed by atoms with Gasteiger partial charge in [0.05, 0.1) is 5.51 Å². The van der Waals surface area contributed by atoms with Crippen LogP contribution in [0.3, 0.4) is 0 Å². The third kappa shape index (κ3) is 4.15. The molecule has 0 spiro atoms. The Labute approximate surface area is 88.5 Å². The molecule has 0 fully saturated rings. The standard InChI is InChI=1S/C9H17N3OS/c1-2-13-4-3-8(12-10)5-9-6-11-7-14-9/h6-8,12H,2-5,10H2,1H3. The van der Waals surface area contributed by atoms with E-state index in [9.17, 15) is 0 Å². The van der Waals surface area contributed by atoms with E-state index in [1.54, 1.807) is 11.3 Å². The second kappa shape index (κ2) is 6.89. The van der Waals surface area contributed by atoms with E-state index < -0.39 is 0 Å². The summed E-state index contributed by atoms with van der Waals surface area (Å²) in [4.78, 5) is 5.28. The molecule has 1 heterocycles. The van der Waals surface area contributed by atoms with Crippen LogP contribution in [0.1, 0.15) is 18.2 Å². The molecule has 1 unspecified atom stereocenters. The van der Waals surface area contributed by atoms with E-state index in [0.29, 0.717) is 0 Å². The van der Waals surface area contributed by atoms with Crippen molar-refractivity contribution in [3.63, 3.8) is 0 Å². The Morgan fingerprint density at radius 2 is 2.57 bits per heavy atom. The van der Waals surface area contributed by atoms with E-state index in [-0.39, 0.29) is 6.04 Å². The van der Waals surface area contributed by atoms with Crippen molar-refractivity contribution in [3.05, 3.63) is 16.6 Å². The average molecular weight is 215 g/mol. The van der Waals surface area contributed by atoms with Crippen molar-refractivity contribution in [1.82, 2.24) is 10.4 Å². The van der Waals surface area contributed by atoms with Gasteiger partial charge in [0.1, 0.15) is 0 Å². The first-order chi connectivity index (χ1) is 6.86. The van der Waals surface area contributed by atoms with Crippen molar-refractivity contribution >= 4 is 11.3 Å². The normalized spacial score (nSPS) is 13.0. The van der Waals surface area contributed by atoms with Crippen LogP contribution in [0.25, 0.3) is 0 Å². The lowest BCUT2D eigenvalue weighted by molar-refractivity contribution is 0.136. The highest BCUT2D eigenvalue weighted by atomic mass is 32.1. The van der Waals surface area contributed by atoms with Gasteiger partial charge in [-0.2, -0.15) is 0 Å². The Balaban J connectivity index is 2.24. The van der Waals surface area contributed by atoms with E-state index in [2.05, 4.69) is 10.4 Å². The highest BCUT2D eigenvalue weighted by Crippen LogP contribution is 2.09. The second-order valence-electron chi connectivity index (χ2n) is 3.02. The van der Waals surface area contributed by atoms with Gasteiger partial charge in [-0.25, -0.2) is 0 Å². The van der Waals surface area contributed by atoms with Gasteiger partial charge in [0.15, 0.2) is 0 Å². The molecule has 0 radical (unpaired) electrons. The number of aromatic nitrogens is 1. The molecule has 1 aromatic heterocycles. The molecule has 0 amide bonds. The number of hydrazine groups is 1. The Morgan fingerprint density at radius 3 is 3.14 bits per heavy atom. The lowest BCUT2D eigenvalue weighted by Crippen LogP contribution is -2.37. The average Bonchev–Trinajstić information content (AvgIpc) is 2.69. The van der Waals surface area contributed by atoms with Crippen molar-refractivity contribution in [2.45, 2.75) is 25.8 Å². The molecule has 0 saturated heterocycles. The van der Waals surface area contributed by atoms with Crippen molar-refractivity contribution < 1.29 is 4.74 Å². The Morgan fingerprint density at radius 1 is 1.71 bits per heavy atom. The van der Waals surface area contributed by atoms with E-state index in [1.807, 2.05) is 18.6 Å². The molecule has 1 aromatic rings. The van der Waals surface area contributed by atoms with Crippen LogP contribution in [-0.4, -0.2) is 24.2 Å². The zero-order valence-electron chi connectivity index (χ0n) is 8.40. The molecule has 0 saturated carbocycles. The Bertz CT molecular complexity index is 228. The summed E-state index contributed by atoms with van der Waals surface area (Å²) in [5, 5.41) is 0. The molecule has 14 heavy (non-hydrogen) atoms. The topological polar surface area (TPSA) is 60.2 Å². The van der Waals surface area contributed by atoms with Crippen LogP contribution in [0.15, 0.2) is 11.7 Å². The SMILES string of the molecule is CCOCCC(Cc1cncs1)NN. The monoisotopic (exact) mass is 215 g/mol. The highest BCUT2D eigenvalue weighted by Gasteiger charge is 2.08. The number of nitrogens with one attached hydrogen (secondary N) is 1. The van der Waals surface area contributed by atoms with Crippen LogP contribution in [0, 0.1) is 0 Å². The summed E-state index contributed by atoms with van der Waals surface area (Å²) >= 11 is 1.66. The minimum Gasteiger partial charge on any atom is -0.382 e. The molecule has 4 nitrogen and oxygen atoms in total. The summed E-state index contributed by atoms with van der Waals surface area (Å²) in [6, 6.07) is 0.280. The fourth-order valence-corrected chi connectivity index (χ4v) is 1.88. The number of nitrogens with zero attached hydrogens (tertiary/aromatic N) is 1. The largest absolute Gasteiger partial charge is 0.382 e. The lowest BCUT2D eigenvalue weighted by Gasteiger charge is -2.14. The van der Waals surface area contributed by atoms with Crippen LogP contribution in [0.4, 0.5) is 0 Å². The first kappa shape index (κ1) is 11.6. The fourth-order valence-electron chi connectivity index (χ4n) is 1.20. The van der Waals surface area contributed by atoms with Crippen LogP contribution < -0.4 is 11.3 Å². The number of nitrogens with two attached hydrogens (primary N) is 1. The summed E-state index contributed by atoms with van der Waals surface area (Å²) in [5.41, 5.74) is 4.64. The zero-order chi connectivity index (χ0) is 10.2. The Kier molecular flexibility index (Phi) is 5.70. The number of hydrogen-bond acceptors (Lipinski definition) is 5. The van der Waals surface area contributed by atoms with Crippen LogP contribution >= 0.6 is 11.3 Å². The third-order valence-corrected chi connectivity index (χ3v) is 2.78. The summed E-state index contributed by atoms with van der Waals surface area (Å²) in [6.45, 7) is 3.51. The molecular weight excluding hydrogens is 198 g/mol. The van der Waals surface area contributed by atoms with Crippen molar-refractivity contribution in [3.8, 4) is 0 Å². The first-order valence-electron chi connectivity index (χ1n) is 4.78. The minimum atomic E-state index is 0.280. The molecule has 0 bridgehead atoms. The number of hydrogen-bond donors (Lipinski definition) is 2. The summed E-state index contributed by atoms with van der Waals surface area (Å²) < 4.78 is 5.28. The van der Waals surface area contributed by atoms with E-state index >= 15 is 0 Å². The molecule has 0 aliphatic carbocycles. The third-order valence-electron chi connectivity index (χ3n) is 1.98. The molecule has 3 N–H and O–H groups in total. The van der Waals surface area contributed by atoms with Crippen LogP contribution in [-0.2, 0) is 11.2 Å². The van der Waals surface area contributed by atoms with Gasteiger partial charge < -0.3 is 4.74 Å². The number of thiazole rings is 1. The molecular formula is C9H17N3OS. The van der Waals surface area contributed by atoms with Gasteiger partial charge in [-0.15, -0.1) is 11.3 Å². The van der Waals surface area contributed by atoms with Gasteiger partial charge in [0.25, 0.3) is 0 Å². The zero-order valence-corrected chi connectivity index (χ0v) is 9.22. The molecule has 80 valence electrons.